The molecule has 0 fully saturated rings. The monoisotopic (exact) mass is 224 g/mol. The number of H-pyrrole nitrogens is 1. The van der Waals surface area contributed by atoms with Crippen molar-refractivity contribution in [1.29, 1.82) is 0 Å². The Morgan fingerprint density at radius 3 is 2.69 bits per heavy atom. The van der Waals surface area contributed by atoms with E-state index >= 15 is 0 Å². The highest BCUT2D eigenvalue weighted by Crippen LogP contribution is 2.06. The van der Waals surface area contributed by atoms with E-state index < -0.39 is 0 Å². The minimum Gasteiger partial charge on any atom is -0.308 e. The first-order chi connectivity index (χ1) is 7.84. The smallest absolute Gasteiger partial charge is 0.141 e. The molecule has 0 spiro atoms. The van der Waals surface area contributed by atoms with E-state index in [1.165, 1.54) is 38.5 Å². The zero-order valence-electron chi connectivity index (χ0n) is 10.5. The van der Waals surface area contributed by atoms with Crippen molar-refractivity contribution in [2.75, 3.05) is 6.54 Å². The molecule has 4 heteroatoms. The molecule has 1 atom stereocenters. The number of hydrogen-bond acceptors (Lipinski definition) is 3. The SMILES string of the molecule is CCCCCCCCNC(C)c1ncn[nH]1. The van der Waals surface area contributed by atoms with Crippen molar-refractivity contribution in [3.8, 4) is 0 Å². The summed E-state index contributed by atoms with van der Waals surface area (Å²) in [6.45, 7) is 5.42. The van der Waals surface area contributed by atoms with Gasteiger partial charge in [0.1, 0.15) is 12.2 Å². The Balaban J connectivity index is 1.95. The molecule has 16 heavy (non-hydrogen) atoms. The first-order valence-corrected chi connectivity index (χ1v) is 6.43. The van der Waals surface area contributed by atoms with E-state index in [1.54, 1.807) is 6.33 Å². The van der Waals surface area contributed by atoms with E-state index in [2.05, 4.69) is 34.3 Å². The van der Waals surface area contributed by atoms with Gasteiger partial charge in [-0.15, -0.1) is 0 Å². The average molecular weight is 224 g/mol. The van der Waals surface area contributed by atoms with Crippen molar-refractivity contribution in [3.05, 3.63) is 12.2 Å². The van der Waals surface area contributed by atoms with Crippen LogP contribution in [0.5, 0.6) is 0 Å². The van der Waals surface area contributed by atoms with Crippen LogP contribution in [0, 0.1) is 0 Å². The second-order valence-electron chi connectivity index (χ2n) is 4.31. The van der Waals surface area contributed by atoms with Gasteiger partial charge in [0.2, 0.25) is 0 Å². The summed E-state index contributed by atoms with van der Waals surface area (Å²) in [5.41, 5.74) is 0. The molecule has 0 radical (unpaired) electrons. The predicted molar refractivity (Wildman–Crippen MR) is 66.2 cm³/mol. The van der Waals surface area contributed by atoms with Crippen molar-refractivity contribution in [2.45, 2.75) is 58.4 Å². The molecule has 1 aromatic rings. The molecule has 2 N–H and O–H groups in total. The zero-order valence-corrected chi connectivity index (χ0v) is 10.5. The van der Waals surface area contributed by atoms with Crippen LogP contribution in [-0.2, 0) is 0 Å². The number of aromatic amines is 1. The minimum atomic E-state index is 0.276. The van der Waals surface area contributed by atoms with Gasteiger partial charge < -0.3 is 5.32 Å². The van der Waals surface area contributed by atoms with Gasteiger partial charge in [-0.3, -0.25) is 5.10 Å². The fourth-order valence-corrected chi connectivity index (χ4v) is 1.74. The Bertz CT molecular complexity index is 246. The number of nitrogens with one attached hydrogen (secondary N) is 2. The molecular formula is C12H24N4. The molecule has 0 aliphatic rings. The second kappa shape index (κ2) is 8.28. The number of hydrogen-bond donors (Lipinski definition) is 2. The Morgan fingerprint density at radius 2 is 2.00 bits per heavy atom. The van der Waals surface area contributed by atoms with E-state index in [-0.39, 0.29) is 6.04 Å². The van der Waals surface area contributed by atoms with Gasteiger partial charge in [-0.05, 0) is 19.9 Å². The predicted octanol–water partition coefficient (Wildman–Crippen LogP) is 2.82. The fourth-order valence-electron chi connectivity index (χ4n) is 1.74. The van der Waals surface area contributed by atoms with Gasteiger partial charge in [-0.2, -0.15) is 5.10 Å². The Morgan fingerprint density at radius 1 is 1.25 bits per heavy atom. The normalized spacial score (nSPS) is 12.9. The molecule has 1 unspecified atom stereocenters. The van der Waals surface area contributed by atoms with Crippen LogP contribution in [0.2, 0.25) is 0 Å². The van der Waals surface area contributed by atoms with Gasteiger partial charge in [-0.1, -0.05) is 39.0 Å². The third-order valence-electron chi connectivity index (χ3n) is 2.82. The zero-order chi connectivity index (χ0) is 11.6. The molecule has 1 rings (SSSR count). The summed E-state index contributed by atoms with van der Waals surface area (Å²) in [4.78, 5) is 4.13. The van der Waals surface area contributed by atoms with E-state index in [0.29, 0.717) is 0 Å². The van der Waals surface area contributed by atoms with Crippen LogP contribution in [0.1, 0.15) is 64.2 Å². The molecule has 92 valence electrons. The van der Waals surface area contributed by atoms with E-state index in [1.807, 2.05) is 0 Å². The largest absolute Gasteiger partial charge is 0.308 e. The summed E-state index contributed by atoms with van der Waals surface area (Å²) in [5, 5.41) is 10.2. The molecule has 0 saturated carbocycles. The van der Waals surface area contributed by atoms with E-state index in [9.17, 15) is 0 Å². The summed E-state index contributed by atoms with van der Waals surface area (Å²) >= 11 is 0. The Hall–Kier alpha value is -0.900. The highest BCUT2D eigenvalue weighted by molar-refractivity contribution is 4.88. The van der Waals surface area contributed by atoms with E-state index in [4.69, 9.17) is 0 Å². The number of aromatic nitrogens is 3. The van der Waals surface area contributed by atoms with Crippen molar-refractivity contribution >= 4 is 0 Å². The van der Waals surface area contributed by atoms with Crippen LogP contribution in [-0.4, -0.2) is 21.7 Å². The van der Waals surface area contributed by atoms with Crippen molar-refractivity contribution in [1.82, 2.24) is 20.5 Å². The first kappa shape index (κ1) is 13.2. The van der Waals surface area contributed by atoms with Crippen LogP contribution in [0.25, 0.3) is 0 Å². The highest BCUT2D eigenvalue weighted by atomic mass is 15.2. The number of unbranched alkanes of at least 4 members (excludes halogenated alkanes) is 5. The lowest BCUT2D eigenvalue weighted by Gasteiger charge is -2.10. The standard InChI is InChI=1S/C12H24N4/c1-3-4-5-6-7-8-9-13-11(2)12-14-10-15-16-12/h10-11,13H,3-9H2,1-2H3,(H,14,15,16). The van der Waals surface area contributed by atoms with Gasteiger partial charge in [0.05, 0.1) is 6.04 Å². The summed E-state index contributed by atoms with van der Waals surface area (Å²) in [6.07, 6.45) is 9.58. The minimum absolute atomic E-state index is 0.276. The lowest BCUT2D eigenvalue weighted by molar-refractivity contribution is 0.512. The van der Waals surface area contributed by atoms with Crippen LogP contribution in [0.3, 0.4) is 0 Å². The number of rotatable bonds is 9. The van der Waals surface area contributed by atoms with Gasteiger partial charge in [0.15, 0.2) is 0 Å². The summed E-state index contributed by atoms with van der Waals surface area (Å²) in [7, 11) is 0. The lowest BCUT2D eigenvalue weighted by Crippen LogP contribution is -2.20. The van der Waals surface area contributed by atoms with Crippen LogP contribution < -0.4 is 5.32 Å². The maximum Gasteiger partial charge on any atom is 0.141 e. The third-order valence-corrected chi connectivity index (χ3v) is 2.82. The second-order valence-corrected chi connectivity index (χ2v) is 4.31. The Labute approximate surface area is 98.2 Å². The molecule has 1 aromatic heterocycles. The Kier molecular flexibility index (Phi) is 6.81. The lowest BCUT2D eigenvalue weighted by atomic mass is 10.1. The average Bonchev–Trinajstić information content (AvgIpc) is 2.81. The maximum atomic E-state index is 4.13. The molecule has 4 nitrogen and oxygen atoms in total. The molecule has 0 aromatic carbocycles. The van der Waals surface area contributed by atoms with Gasteiger partial charge in [-0.25, -0.2) is 4.98 Å². The van der Waals surface area contributed by atoms with Gasteiger partial charge in [0, 0.05) is 0 Å². The third kappa shape index (κ3) is 5.26. The topological polar surface area (TPSA) is 53.6 Å². The van der Waals surface area contributed by atoms with Crippen molar-refractivity contribution in [2.24, 2.45) is 0 Å². The maximum absolute atomic E-state index is 4.13. The molecule has 0 aliphatic heterocycles. The summed E-state index contributed by atoms with van der Waals surface area (Å²) < 4.78 is 0. The van der Waals surface area contributed by atoms with E-state index in [0.717, 1.165) is 12.4 Å². The summed E-state index contributed by atoms with van der Waals surface area (Å²) in [6, 6.07) is 0.276. The first-order valence-electron chi connectivity index (χ1n) is 6.43. The van der Waals surface area contributed by atoms with Crippen molar-refractivity contribution < 1.29 is 0 Å². The number of nitrogens with zero attached hydrogens (tertiary/aromatic N) is 2. The van der Waals surface area contributed by atoms with Crippen LogP contribution >= 0.6 is 0 Å². The van der Waals surface area contributed by atoms with Gasteiger partial charge in [0.25, 0.3) is 0 Å². The quantitative estimate of drug-likeness (QED) is 0.634. The highest BCUT2D eigenvalue weighted by Gasteiger charge is 2.05. The molecule has 0 amide bonds. The molecule has 0 bridgehead atoms. The van der Waals surface area contributed by atoms with Crippen LogP contribution in [0.15, 0.2) is 6.33 Å². The van der Waals surface area contributed by atoms with Gasteiger partial charge >= 0.3 is 0 Å². The molecule has 0 aliphatic carbocycles. The molecular weight excluding hydrogens is 200 g/mol. The van der Waals surface area contributed by atoms with Crippen molar-refractivity contribution in [3.63, 3.8) is 0 Å². The van der Waals surface area contributed by atoms with Crippen LogP contribution in [0.4, 0.5) is 0 Å². The fraction of sp³-hybridized carbons (Fsp3) is 0.833. The molecule has 1 heterocycles. The molecule has 0 saturated heterocycles. The summed E-state index contributed by atoms with van der Waals surface area (Å²) in [5.74, 6) is 0.922.